The number of nitriles is 1. The molecule has 6 heteroatoms. The van der Waals surface area contributed by atoms with Crippen LogP contribution in [0.15, 0.2) is 40.7 Å². The van der Waals surface area contributed by atoms with Crippen LogP contribution in [0.1, 0.15) is 5.56 Å². The van der Waals surface area contributed by atoms with Gasteiger partial charge < -0.3 is 4.74 Å². The Labute approximate surface area is 105 Å². The zero-order valence-corrected chi connectivity index (χ0v) is 10.1. The van der Waals surface area contributed by atoms with Crippen LogP contribution in [0, 0.1) is 11.3 Å². The van der Waals surface area contributed by atoms with Crippen LogP contribution in [0.2, 0.25) is 0 Å². The topological polar surface area (TPSA) is 75.6 Å². The quantitative estimate of drug-likeness (QED) is 0.448. The van der Waals surface area contributed by atoms with Crippen molar-refractivity contribution in [2.24, 2.45) is 9.98 Å². The number of aliphatic imine (C=N–C) groups is 2. The summed E-state index contributed by atoms with van der Waals surface area (Å²) in [6.07, 6.45) is 6.43. The predicted molar refractivity (Wildman–Crippen MR) is 70.0 cm³/mol. The van der Waals surface area contributed by atoms with Crippen LogP contribution < -0.4 is 0 Å². The molecule has 0 saturated heterocycles. The van der Waals surface area contributed by atoms with E-state index in [2.05, 4.69) is 28.4 Å². The summed E-state index contributed by atoms with van der Waals surface area (Å²) in [7, 11) is 1.44. The van der Waals surface area contributed by atoms with E-state index < -0.39 is 0 Å². The fraction of sp³-hybridized carbons (Fsp3) is 0.167. The van der Waals surface area contributed by atoms with Gasteiger partial charge >= 0.3 is 0 Å². The van der Waals surface area contributed by atoms with Crippen molar-refractivity contribution in [2.45, 2.75) is 6.67 Å². The van der Waals surface area contributed by atoms with E-state index in [1.165, 1.54) is 13.3 Å². The molecule has 92 valence electrons. The first kappa shape index (κ1) is 13.4. The Bertz CT molecular complexity index is 533. The Hall–Kier alpha value is -2.68. The van der Waals surface area contributed by atoms with Gasteiger partial charge in [-0.25, -0.2) is 4.99 Å². The summed E-state index contributed by atoms with van der Waals surface area (Å²) in [4.78, 5) is 7.65. The second kappa shape index (κ2) is 6.81. The fourth-order valence-electron chi connectivity index (χ4n) is 1.18. The number of aromatic nitrogens is 2. The maximum atomic E-state index is 8.90. The summed E-state index contributed by atoms with van der Waals surface area (Å²) in [6, 6.07) is 1.93. The summed E-state index contributed by atoms with van der Waals surface area (Å²) < 4.78 is 6.62. The van der Waals surface area contributed by atoms with Crippen molar-refractivity contribution >= 4 is 18.7 Å². The zero-order valence-electron chi connectivity index (χ0n) is 10.1. The third kappa shape index (κ3) is 3.42. The second-order valence-electron chi connectivity index (χ2n) is 3.16. The Balaban J connectivity index is 2.86. The van der Waals surface area contributed by atoms with E-state index in [1.807, 2.05) is 6.07 Å². The highest BCUT2D eigenvalue weighted by molar-refractivity contribution is 5.97. The maximum Gasteiger partial charge on any atom is 0.230 e. The standard InChI is InChI=1S/C12H13N5O/c1-4-10-6-16-17(8-10)9-15-12(18-3)11(5-13)7-14-2/h4,6-8H,1-2,9H2,3H3/b11-7-,15-12?. The molecule has 1 heterocycles. The second-order valence-corrected chi connectivity index (χ2v) is 3.16. The molecule has 0 aliphatic carbocycles. The zero-order chi connectivity index (χ0) is 13.4. The smallest absolute Gasteiger partial charge is 0.230 e. The number of hydrogen-bond acceptors (Lipinski definition) is 5. The van der Waals surface area contributed by atoms with E-state index >= 15 is 0 Å². The molecule has 0 amide bonds. The normalized spacial score (nSPS) is 11.8. The highest BCUT2D eigenvalue weighted by Gasteiger charge is 2.06. The summed E-state index contributed by atoms with van der Waals surface area (Å²) in [5.74, 6) is 0.195. The molecular formula is C12H13N5O. The number of hydrogen-bond donors (Lipinski definition) is 0. The molecule has 1 rings (SSSR count). The van der Waals surface area contributed by atoms with Crippen molar-refractivity contribution in [3.05, 3.63) is 36.3 Å². The molecule has 0 N–H and O–H groups in total. The predicted octanol–water partition coefficient (Wildman–Crippen LogP) is 1.64. The Kier molecular flexibility index (Phi) is 5.06. The highest BCUT2D eigenvalue weighted by Crippen LogP contribution is 2.02. The molecule has 0 atom stereocenters. The molecule has 0 unspecified atom stereocenters. The maximum absolute atomic E-state index is 8.90. The minimum Gasteiger partial charge on any atom is -0.480 e. The van der Waals surface area contributed by atoms with Crippen LogP contribution in [0.3, 0.4) is 0 Å². The number of ether oxygens (including phenoxy) is 1. The molecular weight excluding hydrogens is 230 g/mol. The molecule has 0 aromatic carbocycles. The molecule has 0 saturated carbocycles. The molecule has 1 aromatic rings. The minimum atomic E-state index is 0.195. The minimum absolute atomic E-state index is 0.195. The van der Waals surface area contributed by atoms with Gasteiger partial charge in [-0.2, -0.15) is 10.4 Å². The molecule has 18 heavy (non-hydrogen) atoms. The first-order chi connectivity index (χ1) is 8.74. The summed E-state index contributed by atoms with van der Waals surface area (Å²) in [5, 5.41) is 13.0. The van der Waals surface area contributed by atoms with E-state index in [4.69, 9.17) is 10.00 Å². The molecule has 0 aliphatic rings. The lowest BCUT2D eigenvalue weighted by molar-refractivity contribution is 0.398. The van der Waals surface area contributed by atoms with Crippen molar-refractivity contribution in [1.29, 1.82) is 5.26 Å². The van der Waals surface area contributed by atoms with Gasteiger partial charge in [0.2, 0.25) is 5.90 Å². The van der Waals surface area contributed by atoms with E-state index in [0.717, 1.165) is 5.56 Å². The van der Waals surface area contributed by atoms with E-state index in [-0.39, 0.29) is 18.1 Å². The lowest BCUT2D eigenvalue weighted by atomic mass is 10.3. The van der Waals surface area contributed by atoms with Crippen molar-refractivity contribution < 1.29 is 4.74 Å². The molecule has 0 aliphatic heterocycles. The summed E-state index contributed by atoms with van der Waals surface area (Å²) in [5.41, 5.74) is 1.11. The van der Waals surface area contributed by atoms with Gasteiger partial charge in [0.05, 0.1) is 13.3 Å². The van der Waals surface area contributed by atoms with Crippen LogP contribution in [-0.4, -0.2) is 29.5 Å². The van der Waals surface area contributed by atoms with Gasteiger partial charge in [-0.3, -0.25) is 9.67 Å². The fourth-order valence-corrected chi connectivity index (χ4v) is 1.18. The number of nitrogens with zero attached hydrogens (tertiary/aromatic N) is 5. The van der Waals surface area contributed by atoms with Crippen molar-refractivity contribution in [3.8, 4) is 6.07 Å². The molecule has 1 aromatic heterocycles. The van der Waals surface area contributed by atoms with Crippen LogP contribution in [0.5, 0.6) is 0 Å². The van der Waals surface area contributed by atoms with Gasteiger partial charge in [0.1, 0.15) is 18.3 Å². The van der Waals surface area contributed by atoms with Gasteiger partial charge in [0, 0.05) is 18.0 Å². The first-order valence-electron chi connectivity index (χ1n) is 5.05. The van der Waals surface area contributed by atoms with Crippen LogP contribution in [0.25, 0.3) is 6.08 Å². The first-order valence-corrected chi connectivity index (χ1v) is 5.05. The number of rotatable bonds is 5. The Morgan fingerprint density at radius 2 is 2.50 bits per heavy atom. The van der Waals surface area contributed by atoms with Crippen LogP contribution in [-0.2, 0) is 11.4 Å². The van der Waals surface area contributed by atoms with Gasteiger partial charge in [-0.15, -0.1) is 0 Å². The Morgan fingerprint density at radius 1 is 1.72 bits per heavy atom. The monoisotopic (exact) mass is 243 g/mol. The number of methoxy groups -OCH3 is 1. The van der Waals surface area contributed by atoms with Crippen molar-refractivity contribution in [3.63, 3.8) is 0 Å². The summed E-state index contributed by atoms with van der Waals surface area (Å²) in [6.45, 7) is 7.16. The molecule has 0 fully saturated rings. The third-order valence-corrected chi connectivity index (χ3v) is 2.01. The molecule has 0 radical (unpaired) electrons. The third-order valence-electron chi connectivity index (χ3n) is 2.01. The molecule has 0 spiro atoms. The van der Waals surface area contributed by atoms with Gasteiger partial charge in [-0.05, 0) is 6.72 Å². The SMILES string of the molecule is C=Cc1cnn(CN=C(OC)/C(C#N)=C\N=C)c1. The largest absolute Gasteiger partial charge is 0.480 e. The highest BCUT2D eigenvalue weighted by atomic mass is 16.5. The van der Waals surface area contributed by atoms with Crippen molar-refractivity contribution in [1.82, 2.24) is 9.78 Å². The molecule has 6 nitrogen and oxygen atoms in total. The van der Waals surface area contributed by atoms with Gasteiger partial charge in [0.15, 0.2) is 0 Å². The van der Waals surface area contributed by atoms with E-state index in [1.54, 1.807) is 23.2 Å². The van der Waals surface area contributed by atoms with Gasteiger partial charge in [0.25, 0.3) is 0 Å². The summed E-state index contributed by atoms with van der Waals surface area (Å²) >= 11 is 0. The van der Waals surface area contributed by atoms with Gasteiger partial charge in [-0.1, -0.05) is 12.7 Å². The Morgan fingerprint density at radius 3 is 3.00 bits per heavy atom. The molecule has 0 bridgehead atoms. The van der Waals surface area contributed by atoms with E-state index in [9.17, 15) is 0 Å². The lowest BCUT2D eigenvalue weighted by Crippen LogP contribution is -2.07. The van der Waals surface area contributed by atoms with Crippen LogP contribution in [0.4, 0.5) is 0 Å². The van der Waals surface area contributed by atoms with Crippen molar-refractivity contribution in [2.75, 3.05) is 7.11 Å². The lowest BCUT2D eigenvalue weighted by Gasteiger charge is -2.02. The average Bonchev–Trinajstić information content (AvgIpc) is 2.86. The van der Waals surface area contributed by atoms with E-state index in [0.29, 0.717) is 0 Å². The van der Waals surface area contributed by atoms with Crippen LogP contribution >= 0.6 is 0 Å². The average molecular weight is 243 g/mol.